The van der Waals surface area contributed by atoms with Crippen molar-refractivity contribution in [1.29, 1.82) is 0 Å². The summed E-state index contributed by atoms with van der Waals surface area (Å²) in [7, 11) is 0. The van der Waals surface area contributed by atoms with Gasteiger partial charge in [0, 0.05) is 30.1 Å². The first-order valence-corrected chi connectivity index (χ1v) is 7.15. The normalized spacial score (nSPS) is 25.7. The summed E-state index contributed by atoms with van der Waals surface area (Å²) < 4.78 is 0. The molecule has 3 fully saturated rings. The van der Waals surface area contributed by atoms with Gasteiger partial charge in [0.05, 0.1) is 5.75 Å². The number of thioether (sulfide) groups is 1. The maximum absolute atomic E-state index is 12.0. The SMILES string of the molecule is O=C(CSc1ccc(O)cc1)N1CC2CC(C1)N2. The number of piperazine rings is 1. The van der Waals surface area contributed by atoms with Crippen LogP contribution < -0.4 is 5.32 Å². The number of rotatable bonds is 3. The highest BCUT2D eigenvalue weighted by Crippen LogP contribution is 2.24. The van der Waals surface area contributed by atoms with Crippen LogP contribution in [-0.4, -0.2) is 46.8 Å². The third-order valence-electron chi connectivity index (χ3n) is 3.47. The van der Waals surface area contributed by atoms with Crippen LogP contribution in [0.3, 0.4) is 0 Å². The van der Waals surface area contributed by atoms with Crippen molar-refractivity contribution in [1.82, 2.24) is 10.2 Å². The summed E-state index contributed by atoms with van der Waals surface area (Å²) in [5, 5.41) is 12.6. The predicted molar refractivity (Wildman–Crippen MR) is 70.7 cm³/mol. The summed E-state index contributed by atoms with van der Waals surface area (Å²) in [6.07, 6.45) is 1.22. The first-order valence-electron chi connectivity index (χ1n) is 6.16. The third-order valence-corrected chi connectivity index (χ3v) is 4.47. The van der Waals surface area contributed by atoms with Crippen LogP contribution in [0.1, 0.15) is 6.42 Å². The van der Waals surface area contributed by atoms with E-state index in [1.165, 1.54) is 18.2 Å². The average molecular weight is 264 g/mol. The molecule has 1 aromatic carbocycles. The maximum Gasteiger partial charge on any atom is 0.233 e. The molecule has 2 N–H and O–H groups in total. The monoisotopic (exact) mass is 264 g/mol. The Balaban J connectivity index is 1.50. The minimum atomic E-state index is 0.212. The number of amides is 1. The molecular weight excluding hydrogens is 248 g/mol. The van der Waals surface area contributed by atoms with E-state index < -0.39 is 0 Å². The Morgan fingerprint density at radius 2 is 1.94 bits per heavy atom. The number of fused-ring (bicyclic) bond motifs is 2. The fourth-order valence-corrected chi connectivity index (χ4v) is 3.30. The van der Waals surface area contributed by atoms with Crippen LogP contribution in [0.15, 0.2) is 29.2 Å². The molecule has 0 spiro atoms. The summed E-state index contributed by atoms with van der Waals surface area (Å²) in [6.45, 7) is 1.71. The Hall–Kier alpha value is -1.20. The van der Waals surface area contributed by atoms with Gasteiger partial charge >= 0.3 is 0 Å². The van der Waals surface area contributed by atoms with E-state index in [2.05, 4.69) is 5.32 Å². The molecule has 4 rings (SSSR count). The van der Waals surface area contributed by atoms with Gasteiger partial charge in [-0.25, -0.2) is 0 Å². The highest BCUT2D eigenvalue weighted by molar-refractivity contribution is 8.00. The van der Waals surface area contributed by atoms with Crippen molar-refractivity contribution < 1.29 is 9.90 Å². The van der Waals surface area contributed by atoms with Gasteiger partial charge in [0.1, 0.15) is 5.75 Å². The lowest BCUT2D eigenvalue weighted by Gasteiger charge is -2.48. The zero-order chi connectivity index (χ0) is 12.5. The summed E-state index contributed by atoms with van der Waals surface area (Å²) >= 11 is 1.52. The molecule has 5 heteroatoms. The first kappa shape index (κ1) is 11.9. The Labute approximate surface area is 110 Å². The number of hydrogen-bond acceptors (Lipinski definition) is 4. The first-order chi connectivity index (χ1) is 8.70. The molecule has 4 nitrogen and oxygen atoms in total. The molecule has 0 aromatic heterocycles. The number of hydrogen-bond donors (Lipinski definition) is 2. The molecule has 0 radical (unpaired) electrons. The largest absolute Gasteiger partial charge is 0.508 e. The molecule has 3 heterocycles. The van der Waals surface area contributed by atoms with Gasteiger partial charge in [-0.15, -0.1) is 11.8 Å². The zero-order valence-corrected chi connectivity index (χ0v) is 10.8. The summed E-state index contributed by atoms with van der Waals surface area (Å²) in [4.78, 5) is 15.0. The molecule has 1 aromatic rings. The minimum absolute atomic E-state index is 0.212. The highest BCUT2D eigenvalue weighted by atomic mass is 32.2. The number of carbonyl (C=O) groups excluding carboxylic acids is 1. The second kappa shape index (κ2) is 4.82. The Kier molecular flexibility index (Phi) is 3.18. The van der Waals surface area contributed by atoms with Gasteiger partial charge < -0.3 is 15.3 Å². The molecule has 3 aliphatic rings. The summed E-state index contributed by atoms with van der Waals surface area (Å²) in [5.74, 6) is 0.946. The van der Waals surface area contributed by atoms with Crippen LogP contribution in [0.4, 0.5) is 0 Å². The molecule has 96 valence electrons. The van der Waals surface area contributed by atoms with Crippen molar-refractivity contribution in [2.24, 2.45) is 0 Å². The molecule has 2 atom stereocenters. The van der Waals surface area contributed by atoms with Gasteiger partial charge in [0.2, 0.25) is 5.91 Å². The number of nitrogens with zero attached hydrogens (tertiary/aromatic N) is 1. The van der Waals surface area contributed by atoms with Gasteiger partial charge in [0.25, 0.3) is 0 Å². The molecule has 0 aliphatic carbocycles. The van der Waals surface area contributed by atoms with E-state index >= 15 is 0 Å². The average Bonchev–Trinajstić information content (AvgIpc) is 2.37. The maximum atomic E-state index is 12.0. The Morgan fingerprint density at radius 1 is 1.33 bits per heavy atom. The van der Waals surface area contributed by atoms with E-state index in [9.17, 15) is 9.90 Å². The quantitative estimate of drug-likeness (QED) is 0.802. The molecule has 2 unspecified atom stereocenters. The van der Waals surface area contributed by atoms with Gasteiger partial charge in [-0.05, 0) is 30.7 Å². The topological polar surface area (TPSA) is 52.6 Å². The van der Waals surface area contributed by atoms with Crippen molar-refractivity contribution in [2.45, 2.75) is 23.4 Å². The van der Waals surface area contributed by atoms with Gasteiger partial charge in [-0.3, -0.25) is 4.79 Å². The van der Waals surface area contributed by atoms with Crippen molar-refractivity contribution in [3.8, 4) is 5.75 Å². The second-order valence-corrected chi connectivity index (χ2v) is 5.93. The molecule has 1 amide bonds. The van der Waals surface area contributed by atoms with Crippen molar-refractivity contribution in [2.75, 3.05) is 18.8 Å². The molecule has 3 saturated heterocycles. The van der Waals surface area contributed by atoms with Gasteiger partial charge in [-0.1, -0.05) is 0 Å². The van der Waals surface area contributed by atoms with E-state index in [1.807, 2.05) is 17.0 Å². The van der Waals surface area contributed by atoms with Crippen molar-refractivity contribution in [3.05, 3.63) is 24.3 Å². The lowest BCUT2D eigenvalue weighted by Crippen LogP contribution is -2.67. The fourth-order valence-electron chi connectivity index (χ4n) is 2.50. The van der Waals surface area contributed by atoms with Crippen LogP contribution in [0.5, 0.6) is 5.75 Å². The zero-order valence-electron chi connectivity index (χ0n) is 10.0. The number of carbonyl (C=O) groups is 1. The molecule has 18 heavy (non-hydrogen) atoms. The van der Waals surface area contributed by atoms with Crippen LogP contribution >= 0.6 is 11.8 Å². The van der Waals surface area contributed by atoms with E-state index in [0.717, 1.165) is 18.0 Å². The standard InChI is InChI=1S/C13H16N2O2S/c16-11-1-3-12(4-2-11)18-8-13(17)15-6-9-5-10(7-15)14-9/h1-4,9-10,14,16H,5-8H2. The smallest absolute Gasteiger partial charge is 0.233 e. The van der Waals surface area contributed by atoms with Crippen molar-refractivity contribution in [3.63, 3.8) is 0 Å². The third kappa shape index (κ3) is 2.47. The number of piperidine rings is 1. The number of benzene rings is 1. The fraction of sp³-hybridized carbons (Fsp3) is 0.462. The van der Waals surface area contributed by atoms with E-state index in [1.54, 1.807) is 12.1 Å². The van der Waals surface area contributed by atoms with Gasteiger partial charge in [0.15, 0.2) is 0 Å². The number of nitrogens with one attached hydrogen (secondary N) is 1. The molecule has 2 bridgehead atoms. The minimum Gasteiger partial charge on any atom is -0.508 e. The van der Waals surface area contributed by atoms with Crippen LogP contribution in [0, 0.1) is 0 Å². The molecule has 3 aliphatic heterocycles. The number of phenolic OH excluding ortho intramolecular Hbond substituents is 1. The van der Waals surface area contributed by atoms with Crippen LogP contribution in [-0.2, 0) is 4.79 Å². The lowest BCUT2D eigenvalue weighted by atomic mass is 9.91. The van der Waals surface area contributed by atoms with E-state index in [4.69, 9.17) is 0 Å². The lowest BCUT2D eigenvalue weighted by molar-refractivity contribution is -0.132. The Morgan fingerprint density at radius 3 is 2.56 bits per heavy atom. The predicted octanol–water partition coefficient (Wildman–Crippen LogP) is 1.06. The summed E-state index contributed by atoms with van der Waals surface area (Å²) in [5.41, 5.74) is 0. The van der Waals surface area contributed by atoms with E-state index in [-0.39, 0.29) is 11.7 Å². The van der Waals surface area contributed by atoms with E-state index in [0.29, 0.717) is 17.8 Å². The van der Waals surface area contributed by atoms with Gasteiger partial charge in [-0.2, -0.15) is 0 Å². The van der Waals surface area contributed by atoms with Crippen LogP contribution in [0.25, 0.3) is 0 Å². The number of aromatic hydroxyl groups is 1. The Bertz CT molecular complexity index is 433. The molecular formula is C13H16N2O2S. The summed E-state index contributed by atoms with van der Waals surface area (Å²) in [6, 6.07) is 8.00. The second-order valence-electron chi connectivity index (χ2n) is 4.88. The van der Waals surface area contributed by atoms with Crippen LogP contribution in [0.2, 0.25) is 0 Å². The molecule has 0 saturated carbocycles. The van der Waals surface area contributed by atoms with Crippen molar-refractivity contribution >= 4 is 17.7 Å². The number of phenols is 1. The highest BCUT2D eigenvalue weighted by Gasteiger charge is 2.37.